The van der Waals surface area contributed by atoms with Gasteiger partial charge in [-0.05, 0) is 56.5 Å². The average molecular weight is 265 g/mol. The Labute approximate surface area is 122 Å². The van der Waals surface area contributed by atoms with Crippen LogP contribution in [0.4, 0.5) is 0 Å². The van der Waals surface area contributed by atoms with Crippen molar-refractivity contribution >= 4 is 0 Å². The fraction of sp³-hybridized carbons (Fsp3) is 0.368. The van der Waals surface area contributed by atoms with Gasteiger partial charge in [0.15, 0.2) is 0 Å². The predicted molar refractivity (Wildman–Crippen MR) is 85.1 cm³/mol. The Morgan fingerprint density at radius 1 is 1.00 bits per heavy atom. The highest BCUT2D eigenvalue weighted by Crippen LogP contribution is 2.43. The zero-order valence-electron chi connectivity index (χ0n) is 12.6. The lowest BCUT2D eigenvalue weighted by atomic mass is 9.93. The van der Waals surface area contributed by atoms with Crippen molar-refractivity contribution in [2.75, 3.05) is 14.1 Å². The zero-order chi connectivity index (χ0) is 14.1. The minimum Gasteiger partial charge on any atom is -0.302 e. The van der Waals surface area contributed by atoms with Crippen molar-refractivity contribution in [2.24, 2.45) is 0 Å². The molecule has 0 aliphatic heterocycles. The van der Waals surface area contributed by atoms with Gasteiger partial charge in [0, 0.05) is 6.04 Å². The van der Waals surface area contributed by atoms with E-state index < -0.39 is 0 Å². The fourth-order valence-electron chi connectivity index (χ4n) is 3.52. The summed E-state index contributed by atoms with van der Waals surface area (Å²) < 4.78 is 0. The van der Waals surface area contributed by atoms with Crippen LogP contribution in [0, 0.1) is 6.92 Å². The number of nitrogens with zero attached hydrogens (tertiary/aromatic N) is 1. The summed E-state index contributed by atoms with van der Waals surface area (Å²) in [5.41, 5.74) is 5.89. The smallest absolute Gasteiger partial charge is 0.0350 e. The molecule has 0 spiro atoms. The molecular weight excluding hydrogens is 242 g/mol. The van der Waals surface area contributed by atoms with Gasteiger partial charge >= 0.3 is 0 Å². The Bertz CT molecular complexity index is 600. The van der Waals surface area contributed by atoms with E-state index in [1.807, 2.05) is 0 Å². The summed E-state index contributed by atoms with van der Waals surface area (Å²) in [6.07, 6.45) is 2.39. The van der Waals surface area contributed by atoms with Gasteiger partial charge < -0.3 is 4.90 Å². The van der Waals surface area contributed by atoms with E-state index in [1.54, 1.807) is 5.56 Å². The molecule has 0 fully saturated rings. The molecule has 2 unspecified atom stereocenters. The van der Waals surface area contributed by atoms with Crippen LogP contribution in [0.2, 0.25) is 0 Å². The van der Waals surface area contributed by atoms with E-state index in [0.29, 0.717) is 12.0 Å². The maximum absolute atomic E-state index is 2.36. The molecule has 1 heteroatoms. The molecule has 0 saturated heterocycles. The molecule has 0 amide bonds. The molecule has 2 aromatic rings. The van der Waals surface area contributed by atoms with E-state index in [2.05, 4.69) is 74.4 Å². The molecule has 20 heavy (non-hydrogen) atoms. The second kappa shape index (κ2) is 5.41. The van der Waals surface area contributed by atoms with Crippen LogP contribution < -0.4 is 0 Å². The van der Waals surface area contributed by atoms with Gasteiger partial charge in [0.2, 0.25) is 0 Å². The monoisotopic (exact) mass is 265 g/mol. The summed E-state index contributed by atoms with van der Waals surface area (Å²) in [5, 5.41) is 0. The molecule has 0 radical (unpaired) electrons. The third-order valence-corrected chi connectivity index (χ3v) is 4.49. The Kier molecular flexibility index (Phi) is 3.62. The fourth-order valence-corrected chi connectivity index (χ4v) is 3.52. The Balaban J connectivity index is 1.88. The summed E-state index contributed by atoms with van der Waals surface area (Å²) in [6.45, 7) is 2.18. The zero-order valence-corrected chi connectivity index (χ0v) is 12.6. The largest absolute Gasteiger partial charge is 0.302 e. The molecule has 2 aromatic carbocycles. The lowest BCUT2D eigenvalue weighted by molar-refractivity contribution is 0.288. The summed E-state index contributed by atoms with van der Waals surface area (Å²) in [6, 6.07) is 18.5. The Hall–Kier alpha value is -1.60. The molecule has 0 heterocycles. The minimum absolute atomic E-state index is 0.570. The molecular formula is C19H23N. The molecule has 0 bridgehead atoms. The number of hydrogen-bond donors (Lipinski definition) is 0. The van der Waals surface area contributed by atoms with Crippen molar-refractivity contribution in [3.8, 4) is 0 Å². The van der Waals surface area contributed by atoms with Crippen LogP contribution in [0.25, 0.3) is 0 Å². The van der Waals surface area contributed by atoms with Crippen molar-refractivity contribution in [3.05, 3.63) is 70.8 Å². The molecule has 2 atom stereocenters. The predicted octanol–water partition coefficient (Wildman–Crippen LogP) is 4.33. The average Bonchev–Trinajstić information content (AvgIpc) is 2.78. The summed E-state index contributed by atoms with van der Waals surface area (Å²) in [5.74, 6) is 0.653. The van der Waals surface area contributed by atoms with E-state index in [4.69, 9.17) is 0 Å². The van der Waals surface area contributed by atoms with E-state index in [9.17, 15) is 0 Å². The van der Waals surface area contributed by atoms with Crippen molar-refractivity contribution < 1.29 is 0 Å². The number of hydrogen-bond acceptors (Lipinski definition) is 1. The van der Waals surface area contributed by atoms with Crippen LogP contribution in [-0.4, -0.2) is 19.0 Å². The topological polar surface area (TPSA) is 3.24 Å². The number of benzene rings is 2. The molecule has 1 aliphatic carbocycles. The van der Waals surface area contributed by atoms with Gasteiger partial charge in [-0.15, -0.1) is 0 Å². The Morgan fingerprint density at radius 2 is 1.75 bits per heavy atom. The van der Waals surface area contributed by atoms with Crippen molar-refractivity contribution in [1.29, 1.82) is 0 Å². The van der Waals surface area contributed by atoms with Crippen molar-refractivity contribution in [2.45, 2.75) is 31.7 Å². The highest BCUT2D eigenvalue weighted by Gasteiger charge is 2.31. The van der Waals surface area contributed by atoms with Gasteiger partial charge in [-0.2, -0.15) is 0 Å². The summed E-state index contributed by atoms with van der Waals surface area (Å²) >= 11 is 0. The normalized spacial score (nSPS) is 21.2. The first-order valence-electron chi connectivity index (χ1n) is 7.46. The van der Waals surface area contributed by atoms with E-state index in [0.717, 1.165) is 6.42 Å². The number of aryl methyl sites for hydroxylation is 1. The van der Waals surface area contributed by atoms with Gasteiger partial charge in [0.05, 0.1) is 0 Å². The SMILES string of the molecule is Cc1cccc(CC2CC(N(C)C)c3ccccc32)c1. The first-order valence-corrected chi connectivity index (χ1v) is 7.46. The van der Waals surface area contributed by atoms with Gasteiger partial charge in [-0.25, -0.2) is 0 Å². The molecule has 3 rings (SSSR count). The molecule has 1 nitrogen and oxygen atoms in total. The van der Waals surface area contributed by atoms with Crippen LogP contribution in [0.15, 0.2) is 48.5 Å². The van der Waals surface area contributed by atoms with Crippen LogP contribution in [0.3, 0.4) is 0 Å². The van der Waals surface area contributed by atoms with Gasteiger partial charge in [-0.1, -0.05) is 54.1 Å². The van der Waals surface area contributed by atoms with Gasteiger partial charge in [0.1, 0.15) is 0 Å². The van der Waals surface area contributed by atoms with Crippen LogP contribution in [0.1, 0.15) is 40.6 Å². The maximum atomic E-state index is 2.36. The molecule has 0 N–H and O–H groups in total. The third kappa shape index (κ3) is 2.51. The lowest BCUT2D eigenvalue weighted by Crippen LogP contribution is -2.17. The lowest BCUT2D eigenvalue weighted by Gasteiger charge is -2.20. The van der Waals surface area contributed by atoms with Crippen molar-refractivity contribution in [1.82, 2.24) is 4.90 Å². The third-order valence-electron chi connectivity index (χ3n) is 4.49. The minimum atomic E-state index is 0.570. The maximum Gasteiger partial charge on any atom is 0.0350 e. The summed E-state index contributed by atoms with van der Waals surface area (Å²) in [7, 11) is 4.38. The highest BCUT2D eigenvalue weighted by molar-refractivity contribution is 5.39. The van der Waals surface area contributed by atoms with E-state index in [1.165, 1.54) is 23.1 Å². The molecule has 104 valence electrons. The second-order valence-corrected chi connectivity index (χ2v) is 6.23. The second-order valence-electron chi connectivity index (χ2n) is 6.23. The summed E-state index contributed by atoms with van der Waals surface area (Å²) in [4.78, 5) is 2.36. The number of rotatable bonds is 3. The molecule has 0 saturated carbocycles. The molecule has 1 aliphatic rings. The first-order chi connectivity index (χ1) is 9.65. The molecule has 0 aromatic heterocycles. The Morgan fingerprint density at radius 3 is 2.45 bits per heavy atom. The standard InChI is InChI=1S/C19H23N/c1-14-7-6-8-15(11-14)12-16-13-19(20(2)3)18-10-5-4-9-17(16)18/h4-11,16,19H,12-13H2,1-3H3. The van der Waals surface area contributed by atoms with Gasteiger partial charge in [-0.3, -0.25) is 0 Å². The van der Waals surface area contributed by atoms with E-state index in [-0.39, 0.29) is 0 Å². The first kappa shape index (κ1) is 13.4. The van der Waals surface area contributed by atoms with Crippen molar-refractivity contribution in [3.63, 3.8) is 0 Å². The van der Waals surface area contributed by atoms with Crippen LogP contribution in [-0.2, 0) is 6.42 Å². The highest BCUT2D eigenvalue weighted by atomic mass is 15.1. The van der Waals surface area contributed by atoms with Crippen LogP contribution in [0.5, 0.6) is 0 Å². The number of fused-ring (bicyclic) bond motifs is 1. The van der Waals surface area contributed by atoms with Crippen LogP contribution >= 0.6 is 0 Å². The quantitative estimate of drug-likeness (QED) is 0.798. The van der Waals surface area contributed by atoms with E-state index >= 15 is 0 Å². The van der Waals surface area contributed by atoms with Gasteiger partial charge in [0.25, 0.3) is 0 Å².